The van der Waals surface area contributed by atoms with E-state index in [1.807, 2.05) is 18.2 Å². The lowest BCUT2D eigenvalue weighted by Crippen LogP contribution is -2.27. The molecule has 0 spiro atoms. The second-order valence-corrected chi connectivity index (χ2v) is 4.65. The molecule has 1 aromatic carbocycles. The Bertz CT molecular complexity index is 612. The highest BCUT2D eigenvalue weighted by atomic mass is 16.1. The van der Waals surface area contributed by atoms with Crippen molar-refractivity contribution in [1.29, 1.82) is 0 Å². The highest BCUT2D eigenvalue weighted by molar-refractivity contribution is 5.94. The molecule has 1 heterocycles. The third kappa shape index (κ3) is 2.27. The number of carbonyl (C=O) groups is 1. The molecule has 1 amide bonds. The zero-order chi connectivity index (χ0) is 13.2. The van der Waals surface area contributed by atoms with Crippen LogP contribution in [-0.4, -0.2) is 16.1 Å². The van der Waals surface area contributed by atoms with Crippen molar-refractivity contribution in [3.63, 3.8) is 0 Å². The first-order valence-corrected chi connectivity index (χ1v) is 6.20. The molecule has 5 heteroatoms. The van der Waals surface area contributed by atoms with Gasteiger partial charge in [-0.1, -0.05) is 6.07 Å². The van der Waals surface area contributed by atoms with Crippen molar-refractivity contribution in [1.82, 2.24) is 15.5 Å². The molecule has 1 unspecified atom stereocenters. The molecule has 1 aromatic heterocycles. The zero-order valence-electron chi connectivity index (χ0n) is 10.3. The number of hydrogen-bond acceptors (Lipinski definition) is 4. The van der Waals surface area contributed by atoms with E-state index in [1.54, 1.807) is 6.07 Å². The molecule has 0 radical (unpaired) electrons. The van der Waals surface area contributed by atoms with Gasteiger partial charge in [0.1, 0.15) is 0 Å². The third-order valence-corrected chi connectivity index (χ3v) is 3.40. The van der Waals surface area contributed by atoms with E-state index in [-0.39, 0.29) is 11.9 Å². The fourth-order valence-corrected chi connectivity index (χ4v) is 2.45. The summed E-state index contributed by atoms with van der Waals surface area (Å²) in [5.74, 6) is -0.121. The Balaban J connectivity index is 1.78. The summed E-state index contributed by atoms with van der Waals surface area (Å²) in [6.45, 7) is 0. The summed E-state index contributed by atoms with van der Waals surface area (Å²) in [6, 6.07) is 7.55. The van der Waals surface area contributed by atoms with E-state index in [9.17, 15) is 4.79 Å². The summed E-state index contributed by atoms with van der Waals surface area (Å²) < 4.78 is 0. The number of hydrogen-bond donors (Lipinski definition) is 2. The molecule has 0 saturated carbocycles. The molecule has 0 aliphatic heterocycles. The van der Waals surface area contributed by atoms with Gasteiger partial charge in [-0.2, -0.15) is 10.2 Å². The molecule has 0 saturated heterocycles. The Kier molecular flexibility index (Phi) is 2.87. The Morgan fingerprint density at radius 1 is 1.32 bits per heavy atom. The molecule has 19 heavy (non-hydrogen) atoms. The molecular formula is C14H14N4O. The van der Waals surface area contributed by atoms with Gasteiger partial charge in [0.25, 0.3) is 5.91 Å². The smallest absolute Gasteiger partial charge is 0.253 e. The van der Waals surface area contributed by atoms with Gasteiger partial charge in [-0.05, 0) is 42.2 Å². The van der Waals surface area contributed by atoms with E-state index in [1.165, 1.54) is 18.0 Å². The molecule has 3 rings (SSSR count). The quantitative estimate of drug-likeness (QED) is 0.795. The third-order valence-electron chi connectivity index (χ3n) is 3.40. The first-order valence-electron chi connectivity index (χ1n) is 6.20. The van der Waals surface area contributed by atoms with Crippen molar-refractivity contribution < 1.29 is 4.79 Å². The number of carbonyl (C=O) groups excluding carboxylic acids is 1. The van der Waals surface area contributed by atoms with Gasteiger partial charge in [0.2, 0.25) is 0 Å². The minimum absolute atomic E-state index is 0.0521. The van der Waals surface area contributed by atoms with E-state index >= 15 is 0 Å². The largest absolute Gasteiger partial charge is 0.399 e. The first kappa shape index (κ1) is 11.6. The zero-order valence-corrected chi connectivity index (χ0v) is 10.3. The number of nitrogens with zero attached hydrogens (tertiary/aromatic N) is 2. The van der Waals surface area contributed by atoms with Crippen LogP contribution in [0.1, 0.15) is 33.9 Å². The van der Waals surface area contributed by atoms with Crippen molar-refractivity contribution >= 4 is 11.6 Å². The van der Waals surface area contributed by atoms with Crippen LogP contribution in [0.3, 0.4) is 0 Å². The maximum atomic E-state index is 12.1. The Hall–Kier alpha value is -2.43. The number of nitrogens with one attached hydrogen (secondary N) is 1. The van der Waals surface area contributed by atoms with Gasteiger partial charge < -0.3 is 11.1 Å². The van der Waals surface area contributed by atoms with Crippen molar-refractivity contribution in [3.8, 4) is 0 Å². The van der Waals surface area contributed by atoms with E-state index in [0.717, 1.165) is 24.1 Å². The number of anilines is 1. The van der Waals surface area contributed by atoms with Crippen LogP contribution in [0, 0.1) is 0 Å². The number of rotatable bonds is 2. The second kappa shape index (κ2) is 4.68. The normalized spacial score (nSPS) is 16.9. The standard InChI is InChI=1S/C14H14N4O/c15-11-2-3-12-9(7-11)1-4-13(12)18-14(19)10-5-6-16-17-8-10/h2-3,5-8,13H,1,4,15H2,(H,18,19). The number of nitrogens with two attached hydrogens (primary N) is 1. The molecule has 1 atom stereocenters. The number of aromatic nitrogens is 2. The predicted molar refractivity (Wildman–Crippen MR) is 71.4 cm³/mol. The first-order chi connectivity index (χ1) is 9.24. The number of benzene rings is 1. The molecule has 96 valence electrons. The number of fused-ring (bicyclic) bond motifs is 1. The highest BCUT2D eigenvalue weighted by Gasteiger charge is 2.24. The van der Waals surface area contributed by atoms with Crippen LogP contribution in [0.15, 0.2) is 36.7 Å². The molecule has 1 aliphatic rings. The van der Waals surface area contributed by atoms with Crippen molar-refractivity contribution in [2.75, 3.05) is 5.73 Å². The van der Waals surface area contributed by atoms with Crippen LogP contribution >= 0.6 is 0 Å². The van der Waals surface area contributed by atoms with E-state index < -0.39 is 0 Å². The lowest BCUT2D eigenvalue weighted by atomic mass is 10.1. The summed E-state index contributed by atoms with van der Waals surface area (Å²) in [5.41, 5.74) is 9.44. The minimum atomic E-state index is -0.121. The summed E-state index contributed by atoms with van der Waals surface area (Å²) in [6.07, 6.45) is 4.83. The lowest BCUT2D eigenvalue weighted by molar-refractivity contribution is 0.0936. The molecule has 3 N–H and O–H groups in total. The number of nitrogen functional groups attached to an aromatic ring is 1. The Morgan fingerprint density at radius 3 is 3.00 bits per heavy atom. The van der Waals surface area contributed by atoms with Gasteiger partial charge in [-0.25, -0.2) is 0 Å². The minimum Gasteiger partial charge on any atom is -0.399 e. The second-order valence-electron chi connectivity index (χ2n) is 4.65. The molecular weight excluding hydrogens is 240 g/mol. The van der Waals surface area contributed by atoms with Gasteiger partial charge >= 0.3 is 0 Å². The molecule has 1 aliphatic carbocycles. The predicted octanol–water partition coefficient (Wildman–Crippen LogP) is 1.48. The average Bonchev–Trinajstić information content (AvgIpc) is 2.82. The topological polar surface area (TPSA) is 80.9 Å². The van der Waals surface area contributed by atoms with Crippen LogP contribution in [0.25, 0.3) is 0 Å². The van der Waals surface area contributed by atoms with Crippen LogP contribution in [0.5, 0.6) is 0 Å². The van der Waals surface area contributed by atoms with Crippen molar-refractivity contribution in [3.05, 3.63) is 53.3 Å². The number of aryl methyl sites for hydroxylation is 1. The SMILES string of the molecule is Nc1ccc2c(c1)CCC2NC(=O)c1ccnnc1. The maximum Gasteiger partial charge on any atom is 0.253 e. The highest BCUT2D eigenvalue weighted by Crippen LogP contribution is 2.32. The average molecular weight is 254 g/mol. The summed E-state index contributed by atoms with van der Waals surface area (Å²) in [7, 11) is 0. The fourth-order valence-electron chi connectivity index (χ4n) is 2.45. The van der Waals surface area contributed by atoms with Gasteiger partial charge in [0.15, 0.2) is 0 Å². The van der Waals surface area contributed by atoms with E-state index in [2.05, 4.69) is 15.5 Å². The van der Waals surface area contributed by atoms with Crippen molar-refractivity contribution in [2.24, 2.45) is 0 Å². The maximum absolute atomic E-state index is 12.1. The molecule has 0 fully saturated rings. The summed E-state index contributed by atoms with van der Waals surface area (Å²) >= 11 is 0. The Morgan fingerprint density at radius 2 is 2.21 bits per heavy atom. The monoisotopic (exact) mass is 254 g/mol. The summed E-state index contributed by atoms with van der Waals surface area (Å²) in [5, 5.41) is 10.4. The van der Waals surface area contributed by atoms with Crippen LogP contribution < -0.4 is 11.1 Å². The van der Waals surface area contributed by atoms with Gasteiger partial charge in [0, 0.05) is 5.69 Å². The summed E-state index contributed by atoms with van der Waals surface area (Å²) in [4.78, 5) is 12.1. The molecule has 2 aromatic rings. The van der Waals surface area contributed by atoms with Gasteiger partial charge in [-0.3, -0.25) is 4.79 Å². The number of amides is 1. The van der Waals surface area contributed by atoms with Gasteiger partial charge in [0.05, 0.1) is 24.0 Å². The van der Waals surface area contributed by atoms with Crippen LogP contribution in [0.4, 0.5) is 5.69 Å². The van der Waals surface area contributed by atoms with Crippen molar-refractivity contribution in [2.45, 2.75) is 18.9 Å². The van der Waals surface area contributed by atoms with Crippen LogP contribution in [0.2, 0.25) is 0 Å². The molecule has 5 nitrogen and oxygen atoms in total. The fraction of sp³-hybridized carbons (Fsp3) is 0.214. The van der Waals surface area contributed by atoms with E-state index in [0.29, 0.717) is 5.56 Å². The van der Waals surface area contributed by atoms with Crippen LogP contribution in [-0.2, 0) is 6.42 Å². The van der Waals surface area contributed by atoms with E-state index in [4.69, 9.17) is 5.73 Å². The molecule has 0 bridgehead atoms. The van der Waals surface area contributed by atoms with Gasteiger partial charge in [-0.15, -0.1) is 0 Å². The lowest BCUT2D eigenvalue weighted by Gasteiger charge is -2.14. The Labute approximate surface area is 110 Å².